The highest BCUT2D eigenvalue weighted by molar-refractivity contribution is 6.31. The molecular formula is C24H22ClN3O4. The number of nitrogens with one attached hydrogen (secondary N) is 1. The molecule has 7 nitrogen and oxygen atoms in total. The first-order valence-corrected chi connectivity index (χ1v) is 10.5. The second-order valence-corrected chi connectivity index (χ2v) is 7.83. The molecule has 2 heterocycles. The van der Waals surface area contributed by atoms with E-state index < -0.39 is 0 Å². The van der Waals surface area contributed by atoms with Crippen molar-refractivity contribution in [1.29, 1.82) is 0 Å². The summed E-state index contributed by atoms with van der Waals surface area (Å²) in [6.07, 6.45) is 3.48. The molecule has 4 rings (SSSR count). The number of ether oxygens (including phenoxy) is 2. The van der Waals surface area contributed by atoms with E-state index in [1.165, 1.54) is 4.90 Å². The number of hydrogen-bond donors (Lipinski definition) is 1. The summed E-state index contributed by atoms with van der Waals surface area (Å²) in [5.41, 5.74) is 2.40. The first kappa shape index (κ1) is 21.6. The fraction of sp³-hybridized carbons (Fsp3) is 0.208. The van der Waals surface area contributed by atoms with E-state index in [-0.39, 0.29) is 31.0 Å². The Morgan fingerprint density at radius 1 is 1.25 bits per heavy atom. The molecule has 0 saturated carbocycles. The standard InChI is InChI=1S/C24H22ClN3O4/c1-16(18-4-7-20(8-5-18)31-14-17-3-2-10-26-12-17)27-23(29)13-28-21-11-19(25)6-9-22(21)32-15-24(28)30/h2-12,16H,13-15H2,1H3,(H,27,29). The minimum absolute atomic E-state index is 0.113. The van der Waals surface area contributed by atoms with E-state index in [4.69, 9.17) is 21.1 Å². The molecule has 1 aliphatic heterocycles. The Bertz CT molecular complexity index is 1110. The number of anilines is 1. The Balaban J connectivity index is 1.35. The summed E-state index contributed by atoms with van der Waals surface area (Å²) in [6.45, 7) is 2.08. The summed E-state index contributed by atoms with van der Waals surface area (Å²) in [5, 5.41) is 3.40. The zero-order valence-corrected chi connectivity index (χ0v) is 18.2. The van der Waals surface area contributed by atoms with Gasteiger partial charge in [0.05, 0.1) is 11.7 Å². The van der Waals surface area contributed by atoms with E-state index in [9.17, 15) is 9.59 Å². The molecule has 0 bridgehead atoms. The number of nitrogens with zero attached hydrogens (tertiary/aromatic N) is 2. The van der Waals surface area contributed by atoms with Gasteiger partial charge in [-0.25, -0.2) is 0 Å². The number of carbonyl (C=O) groups is 2. The van der Waals surface area contributed by atoms with Crippen LogP contribution in [0.2, 0.25) is 5.02 Å². The van der Waals surface area contributed by atoms with Crippen LogP contribution in [0, 0.1) is 0 Å². The van der Waals surface area contributed by atoms with E-state index in [1.54, 1.807) is 30.6 Å². The number of fused-ring (bicyclic) bond motifs is 1. The molecule has 1 aromatic heterocycles. The largest absolute Gasteiger partial charge is 0.489 e. The number of rotatable bonds is 7. The molecule has 2 amide bonds. The monoisotopic (exact) mass is 451 g/mol. The zero-order chi connectivity index (χ0) is 22.5. The van der Waals surface area contributed by atoms with Crippen LogP contribution in [0.1, 0.15) is 24.1 Å². The number of carbonyl (C=O) groups excluding carboxylic acids is 2. The molecule has 8 heteroatoms. The average Bonchev–Trinajstić information content (AvgIpc) is 2.80. The van der Waals surface area contributed by atoms with E-state index in [0.717, 1.165) is 16.9 Å². The fourth-order valence-corrected chi connectivity index (χ4v) is 3.53. The minimum atomic E-state index is -0.294. The molecule has 0 aliphatic carbocycles. The molecule has 0 spiro atoms. The smallest absolute Gasteiger partial charge is 0.265 e. The van der Waals surface area contributed by atoms with Gasteiger partial charge in [-0.05, 0) is 48.9 Å². The Labute approximate surface area is 190 Å². The molecule has 1 atom stereocenters. The Hall–Kier alpha value is -3.58. The topological polar surface area (TPSA) is 80.8 Å². The molecular weight excluding hydrogens is 430 g/mol. The highest BCUT2D eigenvalue weighted by atomic mass is 35.5. The van der Waals surface area contributed by atoms with Crippen molar-refractivity contribution in [2.75, 3.05) is 18.1 Å². The quantitative estimate of drug-likeness (QED) is 0.589. The van der Waals surface area contributed by atoms with Crippen molar-refractivity contribution in [2.45, 2.75) is 19.6 Å². The number of amides is 2. The molecule has 164 valence electrons. The second-order valence-electron chi connectivity index (χ2n) is 7.39. The third-order valence-corrected chi connectivity index (χ3v) is 5.29. The number of benzene rings is 2. The molecule has 1 N–H and O–H groups in total. The van der Waals surface area contributed by atoms with Crippen LogP contribution in [0.3, 0.4) is 0 Å². The lowest BCUT2D eigenvalue weighted by atomic mass is 10.1. The zero-order valence-electron chi connectivity index (χ0n) is 17.5. The van der Waals surface area contributed by atoms with Gasteiger partial charge in [0.2, 0.25) is 5.91 Å². The van der Waals surface area contributed by atoms with Crippen molar-refractivity contribution >= 4 is 29.1 Å². The van der Waals surface area contributed by atoms with Crippen molar-refractivity contribution in [3.63, 3.8) is 0 Å². The predicted molar refractivity (Wildman–Crippen MR) is 121 cm³/mol. The predicted octanol–water partition coefficient (Wildman–Crippen LogP) is 3.92. The van der Waals surface area contributed by atoms with Gasteiger partial charge in [0.1, 0.15) is 24.7 Å². The van der Waals surface area contributed by atoms with Crippen molar-refractivity contribution in [1.82, 2.24) is 10.3 Å². The van der Waals surface area contributed by atoms with Crippen LogP contribution >= 0.6 is 11.6 Å². The maximum Gasteiger partial charge on any atom is 0.265 e. The highest BCUT2D eigenvalue weighted by Gasteiger charge is 2.28. The molecule has 1 aliphatic rings. The number of aromatic nitrogens is 1. The molecule has 3 aromatic rings. The molecule has 32 heavy (non-hydrogen) atoms. The number of halogens is 1. The van der Waals surface area contributed by atoms with Crippen molar-refractivity contribution in [3.05, 3.63) is 83.1 Å². The Kier molecular flexibility index (Phi) is 6.56. The first-order valence-electron chi connectivity index (χ1n) is 10.1. The Morgan fingerprint density at radius 3 is 2.81 bits per heavy atom. The fourth-order valence-electron chi connectivity index (χ4n) is 3.37. The normalized spacial score (nSPS) is 13.7. The van der Waals surface area contributed by atoms with Crippen LogP contribution < -0.4 is 19.7 Å². The lowest BCUT2D eigenvalue weighted by molar-refractivity contribution is -0.125. The van der Waals surface area contributed by atoms with E-state index >= 15 is 0 Å². The van der Waals surface area contributed by atoms with Gasteiger partial charge < -0.3 is 14.8 Å². The van der Waals surface area contributed by atoms with Crippen molar-refractivity contribution < 1.29 is 19.1 Å². The Morgan fingerprint density at radius 2 is 2.06 bits per heavy atom. The van der Waals surface area contributed by atoms with E-state index in [0.29, 0.717) is 23.1 Å². The number of hydrogen-bond acceptors (Lipinski definition) is 5. The third-order valence-electron chi connectivity index (χ3n) is 5.05. The van der Waals surface area contributed by atoms with Gasteiger partial charge >= 0.3 is 0 Å². The van der Waals surface area contributed by atoms with Crippen LogP contribution in [0.4, 0.5) is 5.69 Å². The van der Waals surface area contributed by atoms with E-state index in [2.05, 4.69) is 10.3 Å². The van der Waals surface area contributed by atoms with Gasteiger partial charge in [0, 0.05) is 23.0 Å². The molecule has 1 unspecified atom stereocenters. The first-order chi connectivity index (χ1) is 15.5. The van der Waals surface area contributed by atoms with Crippen LogP contribution in [-0.4, -0.2) is 29.9 Å². The SMILES string of the molecule is CC(NC(=O)CN1C(=O)COc2ccc(Cl)cc21)c1ccc(OCc2cccnc2)cc1. The maximum atomic E-state index is 12.7. The molecule has 2 aromatic carbocycles. The average molecular weight is 452 g/mol. The summed E-state index contributed by atoms with van der Waals surface area (Å²) in [5.74, 6) is 0.675. The maximum absolute atomic E-state index is 12.7. The number of pyridine rings is 1. The van der Waals surface area contributed by atoms with Gasteiger partial charge in [-0.2, -0.15) is 0 Å². The van der Waals surface area contributed by atoms with Gasteiger partial charge in [0.25, 0.3) is 5.91 Å². The summed E-state index contributed by atoms with van der Waals surface area (Å²) in [4.78, 5) is 30.4. The molecule has 0 fully saturated rings. The molecule has 0 saturated heterocycles. The van der Waals surface area contributed by atoms with Gasteiger partial charge in [-0.1, -0.05) is 29.8 Å². The summed E-state index contributed by atoms with van der Waals surface area (Å²) in [6, 6.07) is 16.1. The minimum Gasteiger partial charge on any atom is -0.489 e. The van der Waals surface area contributed by atoms with Crippen LogP contribution in [0.5, 0.6) is 11.5 Å². The van der Waals surface area contributed by atoms with Crippen LogP contribution in [0.15, 0.2) is 67.0 Å². The van der Waals surface area contributed by atoms with Gasteiger partial charge in [-0.15, -0.1) is 0 Å². The highest BCUT2D eigenvalue weighted by Crippen LogP contribution is 2.34. The third kappa shape index (κ3) is 5.18. The van der Waals surface area contributed by atoms with E-state index in [1.807, 2.05) is 43.3 Å². The van der Waals surface area contributed by atoms with Crippen LogP contribution in [-0.2, 0) is 16.2 Å². The second kappa shape index (κ2) is 9.70. The van der Waals surface area contributed by atoms with Gasteiger partial charge in [0.15, 0.2) is 6.61 Å². The lowest BCUT2D eigenvalue weighted by Crippen LogP contribution is -2.45. The van der Waals surface area contributed by atoms with Crippen molar-refractivity contribution in [2.24, 2.45) is 0 Å². The lowest BCUT2D eigenvalue weighted by Gasteiger charge is -2.29. The van der Waals surface area contributed by atoms with Crippen LogP contribution in [0.25, 0.3) is 0 Å². The summed E-state index contributed by atoms with van der Waals surface area (Å²) in [7, 11) is 0. The van der Waals surface area contributed by atoms with Crippen molar-refractivity contribution in [3.8, 4) is 11.5 Å². The summed E-state index contributed by atoms with van der Waals surface area (Å²) >= 11 is 6.05. The summed E-state index contributed by atoms with van der Waals surface area (Å²) < 4.78 is 11.2. The van der Waals surface area contributed by atoms with Gasteiger partial charge in [-0.3, -0.25) is 19.5 Å². The molecule has 0 radical (unpaired) electrons.